The summed E-state index contributed by atoms with van der Waals surface area (Å²) in [6.07, 6.45) is 0.124. The molecule has 4 aliphatic rings. The zero-order valence-electron chi connectivity index (χ0n) is 26.6. The first-order valence-electron chi connectivity index (χ1n) is 16.4. The van der Waals surface area contributed by atoms with Gasteiger partial charge >= 0.3 is 6.01 Å². The molecule has 4 aromatic rings. The second-order valence-corrected chi connectivity index (χ2v) is 14.9. The van der Waals surface area contributed by atoms with Gasteiger partial charge < -0.3 is 24.8 Å². The molecule has 9 nitrogen and oxygen atoms in total. The number of hydrogen-bond acceptors (Lipinski definition) is 10. The van der Waals surface area contributed by atoms with Gasteiger partial charge in [-0.25, -0.2) is 17.6 Å². The number of nitrogens with zero attached hydrogens (tertiary/aromatic N) is 5. The highest BCUT2D eigenvalue weighted by molar-refractivity contribution is 7.23. The van der Waals surface area contributed by atoms with Gasteiger partial charge in [0.15, 0.2) is 11.6 Å². The Morgan fingerprint density at radius 2 is 2.04 bits per heavy atom. The van der Waals surface area contributed by atoms with Crippen LogP contribution in [0.1, 0.15) is 44.6 Å². The van der Waals surface area contributed by atoms with E-state index in [0.717, 1.165) is 49.8 Å². The number of alkyl halides is 2. The van der Waals surface area contributed by atoms with Crippen LogP contribution in [0.15, 0.2) is 12.1 Å². The van der Waals surface area contributed by atoms with Gasteiger partial charge in [0, 0.05) is 30.5 Å². The minimum atomic E-state index is -2.76. The van der Waals surface area contributed by atoms with Crippen molar-refractivity contribution in [2.45, 2.75) is 63.1 Å². The lowest BCUT2D eigenvalue weighted by molar-refractivity contribution is 0.107. The van der Waals surface area contributed by atoms with E-state index in [1.165, 1.54) is 11.0 Å². The fourth-order valence-electron chi connectivity index (χ4n) is 8.44. The molecule has 8 rings (SSSR count). The fourth-order valence-corrected chi connectivity index (χ4v) is 9.71. The van der Waals surface area contributed by atoms with Crippen LogP contribution in [0.2, 0.25) is 5.02 Å². The smallest absolute Gasteiger partial charge is 0.319 e. The number of anilines is 2. The lowest BCUT2D eigenvalue weighted by Crippen LogP contribution is -2.47. The number of rotatable bonds is 6. The first kappa shape index (κ1) is 32.6. The summed E-state index contributed by atoms with van der Waals surface area (Å²) >= 11 is 7.95. The largest absolute Gasteiger partial charge is 0.486 e. The molecule has 2 aromatic carbocycles. The number of nitriles is 1. The van der Waals surface area contributed by atoms with Crippen LogP contribution in [-0.4, -0.2) is 78.4 Å². The zero-order chi connectivity index (χ0) is 34.2. The summed E-state index contributed by atoms with van der Waals surface area (Å²) in [5.74, 6) is -1.04. The third-order valence-electron chi connectivity index (χ3n) is 10.4. The summed E-state index contributed by atoms with van der Waals surface area (Å²) < 4.78 is 79.7. The Kier molecular flexibility index (Phi) is 8.17. The highest BCUT2D eigenvalue weighted by Crippen LogP contribution is 2.52. The van der Waals surface area contributed by atoms with Gasteiger partial charge in [-0.2, -0.15) is 15.2 Å². The molecule has 258 valence electrons. The number of aromatic nitrogens is 2. The molecule has 3 fully saturated rings. The molecule has 4 atom stereocenters. The predicted octanol–water partition coefficient (Wildman–Crippen LogP) is 7.16. The maximum atomic E-state index is 17.3. The third kappa shape index (κ3) is 5.23. The number of thiophene rings is 1. The molecule has 0 bridgehead atoms. The number of hydrogen-bond donors (Lipinski definition) is 1. The molecule has 3 saturated heterocycles. The van der Waals surface area contributed by atoms with Gasteiger partial charge in [0.25, 0.3) is 6.43 Å². The van der Waals surface area contributed by atoms with Gasteiger partial charge in [-0.05, 0) is 49.8 Å². The first-order chi connectivity index (χ1) is 23.6. The zero-order valence-corrected chi connectivity index (χ0v) is 28.2. The van der Waals surface area contributed by atoms with Crippen LogP contribution in [0, 0.1) is 28.9 Å². The van der Waals surface area contributed by atoms with Crippen LogP contribution in [0.4, 0.5) is 28.4 Å². The van der Waals surface area contributed by atoms with Crippen molar-refractivity contribution < 1.29 is 31.8 Å². The monoisotopic (exact) mass is 716 g/mol. The lowest BCUT2D eigenvalue weighted by Gasteiger charge is -2.34. The average molecular weight is 717 g/mol. The maximum Gasteiger partial charge on any atom is 0.319 e. The third-order valence-corrected chi connectivity index (χ3v) is 11.8. The molecule has 0 saturated carbocycles. The lowest BCUT2D eigenvalue weighted by atomic mass is 9.92. The van der Waals surface area contributed by atoms with Gasteiger partial charge in [-0.1, -0.05) is 24.6 Å². The van der Waals surface area contributed by atoms with E-state index in [2.05, 4.69) is 16.8 Å². The van der Waals surface area contributed by atoms with E-state index in [9.17, 15) is 14.0 Å². The minimum absolute atomic E-state index is 0.00708. The fraction of sp³-hybridized carbons (Fsp3) is 0.500. The van der Waals surface area contributed by atoms with Crippen molar-refractivity contribution >= 4 is 54.7 Å². The molecule has 2 N–H and O–H groups in total. The summed E-state index contributed by atoms with van der Waals surface area (Å²) in [4.78, 5) is 13.1. The average Bonchev–Trinajstić information content (AvgIpc) is 3.61. The van der Waals surface area contributed by atoms with Crippen LogP contribution < -0.4 is 20.1 Å². The normalized spacial score (nSPS) is 25.3. The Balaban J connectivity index is 1.38. The van der Waals surface area contributed by atoms with Crippen LogP contribution in [0.25, 0.3) is 32.1 Å². The Labute approximate surface area is 288 Å². The van der Waals surface area contributed by atoms with E-state index >= 15 is 8.78 Å². The highest BCUT2D eigenvalue weighted by atomic mass is 35.5. The van der Waals surface area contributed by atoms with Crippen molar-refractivity contribution in [3.05, 3.63) is 34.4 Å². The molecule has 0 radical (unpaired) electrons. The summed E-state index contributed by atoms with van der Waals surface area (Å²) in [5.41, 5.74) is 5.55. The number of ether oxygens (including phenoxy) is 3. The molecule has 0 spiro atoms. The number of halogens is 5. The molecule has 15 heteroatoms. The van der Waals surface area contributed by atoms with E-state index in [1.54, 1.807) is 0 Å². The molecule has 49 heavy (non-hydrogen) atoms. The van der Waals surface area contributed by atoms with E-state index in [-0.39, 0.29) is 77.4 Å². The van der Waals surface area contributed by atoms with Gasteiger partial charge in [0.05, 0.1) is 45.4 Å². The van der Waals surface area contributed by atoms with Gasteiger partial charge in [-0.3, -0.25) is 4.90 Å². The summed E-state index contributed by atoms with van der Waals surface area (Å²) in [6.45, 7) is 4.25. The minimum Gasteiger partial charge on any atom is -0.486 e. The van der Waals surface area contributed by atoms with Gasteiger partial charge in [-0.15, -0.1) is 11.3 Å². The number of nitrogen functional groups attached to an aromatic ring is 1. The molecule has 0 aliphatic carbocycles. The van der Waals surface area contributed by atoms with Crippen LogP contribution in [0.5, 0.6) is 11.8 Å². The van der Waals surface area contributed by atoms with E-state index in [4.69, 9.17) is 36.5 Å². The summed E-state index contributed by atoms with van der Waals surface area (Å²) in [5, 5.41) is 9.99. The Morgan fingerprint density at radius 3 is 2.84 bits per heavy atom. The number of fused-ring (bicyclic) bond motifs is 3. The highest BCUT2D eigenvalue weighted by Gasteiger charge is 2.48. The standard InChI is InChI=1S/C34H33ClF4N6O3S/c1-16-11-34(7-2-8-44(34)13-16)15-47-33-42-28-25-29(48-21-6-10-46-9-5-20(21)45(14-22(37)38)32(25)43-33)26(35)24(27(28)39)17-3-4-19(36)30-23(17)18(12-40)31(41)49-30/h3-4,16,20-22H,2,5-11,13-15,41H2,1H3/t16-,20?,21?,34+/m1/s1. The Hall–Kier alpha value is -3.64. The van der Waals surface area contributed by atoms with Crippen molar-refractivity contribution in [2.24, 2.45) is 5.92 Å². The van der Waals surface area contributed by atoms with Crippen LogP contribution in [0.3, 0.4) is 0 Å². The summed E-state index contributed by atoms with van der Waals surface area (Å²) in [6, 6.07) is 3.73. The number of nitrogens with two attached hydrogens (primary N) is 1. The van der Waals surface area contributed by atoms with Gasteiger partial charge in [0.2, 0.25) is 0 Å². The van der Waals surface area contributed by atoms with E-state index in [1.807, 2.05) is 6.07 Å². The Morgan fingerprint density at radius 1 is 1.22 bits per heavy atom. The van der Waals surface area contributed by atoms with Gasteiger partial charge in [0.1, 0.15) is 40.9 Å². The molecular weight excluding hydrogens is 684 g/mol. The predicted molar refractivity (Wildman–Crippen MR) is 179 cm³/mol. The summed E-state index contributed by atoms with van der Waals surface area (Å²) in [7, 11) is 0. The molecule has 0 amide bonds. The quantitative estimate of drug-likeness (QED) is 0.208. The molecule has 2 aromatic heterocycles. The van der Waals surface area contributed by atoms with Crippen molar-refractivity contribution in [2.75, 3.05) is 50.1 Å². The van der Waals surface area contributed by atoms with Crippen molar-refractivity contribution in [1.82, 2.24) is 14.9 Å². The first-order valence-corrected chi connectivity index (χ1v) is 17.6. The van der Waals surface area contributed by atoms with Crippen LogP contribution in [-0.2, 0) is 4.74 Å². The molecule has 2 unspecified atom stereocenters. The van der Waals surface area contributed by atoms with Crippen molar-refractivity contribution in [1.29, 1.82) is 5.26 Å². The van der Waals surface area contributed by atoms with Crippen LogP contribution >= 0.6 is 22.9 Å². The van der Waals surface area contributed by atoms with E-state index < -0.39 is 36.8 Å². The maximum absolute atomic E-state index is 17.3. The molecule has 6 heterocycles. The number of benzene rings is 2. The topological polar surface area (TPSA) is 110 Å². The van der Waals surface area contributed by atoms with Crippen molar-refractivity contribution in [3.8, 4) is 29.0 Å². The second-order valence-electron chi connectivity index (χ2n) is 13.5. The SMILES string of the molecule is C[C@H]1CN2CCC[C@@]2(COc2nc3c4c(c(Cl)c(-c5ccc(F)c6sc(N)c(C#N)c56)c(F)c4n2)OC2CCOCCC2N3CC(F)F)C1. The van der Waals surface area contributed by atoms with E-state index in [0.29, 0.717) is 32.0 Å². The second kappa shape index (κ2) is 12.3. The Bertz CT molecular complexity index is 2030. The molecular formula is C34H33ClF4N6O3S. The molecule has 4 aliphatic heterocycles. The van der Waals surface area contributed by atoms with Crippen molar-refractivity contribution in [3.63, 3.8) is 0 Å².